The molecule has 2 N–H and O–H groups in total. The predicted octanol–water partition coefficient (Wildman–Crippen LogP) is 3.85. The van der Waals surface area contributed by atoms with Crippen LogP contribution in [0.5, 0.6) is 0 Å². The molecular formula is C24H38N2O2. The number of allylic oxidation sites excluding steroid dienone is 2. The number of nitrogens with zero attached hydrogens (tertiary/aromatic N) is 2. The molecule has 0 unspecified atom stereocenters. The fourth-order valence-corrected chi connectivity index (χ4v) is 5.11. The van der Waals surface area contributed by atoms with Crippen LogP contribution in [0.4, 0.5) is 5.69 Å². The molecule has 1 fully saturated rings. The first-order valence-corrected chi connectivity index (χ1v) is 10.8. The minimum Gasteiger partial charge on any atom is -0.393 e. The van der Waals surface area contributed by atoms with Gasteiger partial charge in [0.2, 0.25) is 0 Å². The van der Waals surface area contributed by atoms with Crippen LogP contribution >= 0.6 is 0 Å². The van der Waals surface area contributed by atoms with E-state index in [1.54, 1.807) is 5.57 Å². The van der Waals surface area contributed by atoms with Crippen LogP contribution in [0.15, 0.2) is 35.9 Å². The van der Waals surface area contributed by atoms with Crippen molar-refractivity contribution >= 4 is 5.69 Å². The molecule has 156 valence electrons. The molecule has 4 nitrogen and oxygen atoms in total. The Morgan fingerprint density at radius 1 is 1.04 bits per heavy atom. The van der Waals surface area contributed by atoms with Crippen LogP contribution in [0.3, 0.4) is 0 Å². The Balaban J connectivity index is 1.56. The van der Waals surface area contributed by atoms with Gasteiger partial charge in [-0.15, -0.1) is 0 Å². The highest BCUT2D eigenvalue weighted by Crippen LogP contribution is 2.51. The van der Waals surface area contributed by atoms with Gasteiger partial charge in [-0.25, -0.2) is 0 Å². The zero-order chi connectivity index (χ0) is 20.3. The summed E-state index contributed by atoms with van der Waals surface area (Å²) in [6.45, 7) is 1.16. The number of aliphatic hydroxyl groups excluding tert-OH is 2. The molecule has 2 aliphatic rings. The van der Waals surface area contributed by atoms with Crippen LogP contribution in [0, 0.1) is 17.8 Å². The van der Waals surface area contributed by atoms with Gasteiger partial charge in [0, 0.05) is 25.7 Å². The summed E-state index contributed by atoms with van der Waals surface area (Å²) in [6, 6.07) is 8.11. The highest BCUT2D eigenvalue weighted by molar-refractivity contribution is 5.46. The number of hydrogen-bond acceptors (Lipinski definition) is 4. The predicted molar refractivity (Wildman–Crippen MR) is 117 cm³/mol. The lowest BCUT2D eigenvalue weighted by molar-refractivity contribution is 0.0109. The summed E-state index contributed by atoms with van der Waals surface area (Å²) in [7, 11) is 8.29. The molecule has 1 saturated carbocycles. The molecule has 1 aromatic rings. The van der Waals surface area contributed by atoms with Crippen molar-refractivity contribution in [2.75, 3.05) is 39.6 Å². The summed E-state index contributed by atoms with van der Waals surface area (Å²) in [5.41, 5.74) is 3.60. The average Bonchev–Trinajstić information content (AvgIpc) is 3.16. The van der Waals surface area contributed by atoms with Gasteiger partial charge in [-0.1, -0.05) is 30.2 Å². The Labute approximate surface area is 170 Å². The quantitative estimate of drug-likeness (QED) is 0.500. The van der Waals surface area contributed by atoms with E-state index in [1.807, 2.05) is 38.4 Å². The summed E-state index contributed by atoms with van der Waals surface area (Å²) in [4.78, 5) is 4.31. The number of rotatable bonds is 9. The third-order valence-electron chi connectivity index (χ3n) is 6.67. The molecule has 0 bridgehead atoms. The van der Waals surface area contributed by atoms with Crippen molar-refractivity contribution in [2.24, 2.45) is 17.8 Å². The molecule has 1 aromatic carbocycles. The first-order valence-electron chi connectivity index (χ1n) is 10.8. The molecule has 3 rings (SSSR count). The molecule has 2 aliphatic carbocycles. The number of aliphatic hydroxyl groups is 2. The fraction of sp³-hybridized carbons (Fsp3) is 0.667. The van der Waals surface area contributed by atoms with Crippen LogP contribution in [-0.4, -0.2) is 56.0 Å². The number of anilines is 1. The minimum atomic E-state index is -0.589. The summed E-state index contributed by atoms with van der Waals surface area (Å²) < 4.78 is 0. The number of benzene rings is 1. The fourth-order valence-electron chi connectivity index (χ4n) is 5.11. The van der Waals surface area contributed by atoms with Crippen LogP contribution in [-0.2, 0) is 0 Å². The lowest BCUT2D eigenvalue weighted by atomic mass is 9.82. The van der Waals surface area contributed by atoms with Crippen LogP contribution in [0.1, 0.15) is 50.2 Å². The van der Waals surface area contributed by atoms with E-state index in [4.69, 9.17) is 0 Å². The summed E-state index contributed by atoms with van der Waals surface area (Å²) in [6.07, 6.45) is 8.23. The van der Waals surface area contributed by atoms with Gasteiger partial charge in [-0.05, 0) is 82.3 Å². The normalized spacial score (nSPS) is 27.8. The second-order valence-corrected chi connectivity index (χ2v) is 9.28. The Hall–Kier alpha value is -1.36. The van der Waals surface area contributed by atoms with Crippen molar-refractivity contribution < 1.29 is 10.2 Å². The average molecular weight is 387 g/mol. The topological polar surface area (TPSA) is 46.9 Å². The zero-order valence-corrected chi connectivity index (χ0v) is 18.0. The van der Waals surface area contributed by atoms with Crippen molar-refractivity contribution in [3.05, 3.63) is 41.5 Å². The molecule has 5 atom stereocenters. The number of hydrogen-bond donors (Lipinski definition) is 2. The van der Waals surface area contributed by atoms with Crippen LogP contribution < -0.4 is 4.90 Å². The van der Waals surface area contributed by atoms with E-state index in [2.05, 4.69) is 30.0 Å². The monoisotopic (exact) mass is 386 g/mol. The van der Waals surface area contributed by atoms with E-state index in [0.29, 0.717) is 11.8 Å². The van der Waals surface area contributed by atoms with Crippen LogP contribution in [0.2, 0.25) is 0 Å². The molecule has 0 saturated heterocycles. The van der Waals surface area contributed by atoms with Crippen LogP contribution in [0.25, 0.3) is 0 Å². The summed E-state index contributed by atoms with van der Waals surface area (Å²) >= 11 is 0. The Bertz CT molecular complexity index is 653. The van der Waals surface area contributed by atoms with Crippen molar-refractivity contribution in [3.63, 3.8) is 0 Å². The molecule has 4 heteroatoms. The molecule has 28 heavy (non-hydrogen) atoms. The van der Waals surface area contributed by atoms with Gasteiger partial charge in [-0.3, -0.25) is 0 Å². The first kappa shape index (κ1) is 21.4. The van der Waals surface area contributed by atoms with E-state index < -0.39 is 12.2 Å². The lowest BCUT2D eigenvalue weighted by Gasteiger charge is -2.28. The molecular weight excluding hydrogens is 348 g/mol. The second kappa shape index (κ2) is 9.43. The van der Waals surface area contributed by atoms with Crippen molar-refractivity contribution in [1.82, 2.24) is 4.90 Å². The highest BCUT2D eigenvalue weighted by atomic mass is 16.3. The number of fused-ring (bicyclic) bond motifs is 1. The third-order valence-corrected chi connectivity index (χ3v) is 6.67. The summed E-state index contributed by atoms with van der Waals surface area (Å²) in [5.74, 6) is 0.764. The maximum Gasteiger partial charge on any atom is 0.0845 e. The Morgan fingerprint density at radius 3 is 2.39 bits per heavy atom. The van der Waals surface area contributed by atoms with E-state index in [9.17, 15) is 10.2 Å². The standard InChI is InChI=1S/C24H38N2O2/c1-25(2)13-7-5-6-8-17-14-19-16-22(27)23(21(19)15-17)24(28)18-9-11-20(12-10-18)26(3)4/h9-12,14,19,21-24,27-28H,5-8,13,15-16H2,1-4H3/t19-,21-,22+,23+,24-/m0/s1. The maximum absolute atomic E-state index is 11.1. The smallest absolute Gasteiger partial charge is 0.0845 e. The third kappa shape index (κ3) is 4.97. The number of unbranched alkanes of at least 4 members (excludes halogenated alkanes) is 2. The van der Waals surface area contributed by atoms with Gasteiger partial charge in [0.1, 0.15) is 0 Å². The minimum absolute atomic E-state index is 0.0577. The molecule has 0 amide bonds. The molecule has 0 heterocycles. The van der Waals surface area contributed by atoms with E-state index in [1.165, 1.54) is 25.7 Å². The van der Waals surface area contributed by atoms with Crippen molar-refractivity contribution in [1.29, 1.82) is 0 Å². The molecule has 0 radical (unpaired) electrons. The van der Waals surface area contributed by atoms with E-state index in [0.717, 1.165) is 30.6 Å². The van der Waals surface area contributed by atoms with E-state index in [-0.39, 0.29) is 5.92 Å². The summed E-state index contributed by atoms with van der Waals surface area (Å²) in [5, 5.41) is 21.7. The van der Waals surface area contributed by atoms with Gasteiger partial charge in [0.15, 0.2) is 0 Å². The van der Waals surface area contributed by atoms with Crippen molar-refractivity contribution in [3.8, 4) is 0 Å². The molecule has 0 spiro atoms. The molecule has 0 aliphatic heterocycles. The van der Waals surface area contributed by atoms with Gasteiger partial charge in [-0.2, -0.15) is 0 Å². The maximum atomic E-state index is 11.1. The van der Waals surface area contributed by atoms with Gasteiger partial charge in [0.05, 0.1) is 12.2 Å². The Kier molecular flexibility index (Phi) is 7.19. The second-order valence-electron chi connectivity index (χ2n) is 9.28. The molecule has 0 aromatic heterocycles. The largest absolute Gasteiger partial charge is 0.393 e. The first-order chi connectivity index (χ1) is 13.4. The van der Waals surface area contributed by atoms with E-state index >= 15 is 0 Å². The zero-order valence-electron chi connectivity index (χ0n) is 18.0. The van der Waals surface area contributed by atoms with Gasteiger partial charge in [0.25, 0.3) is 0 Å². The van der Waals surface area contributed by atoms with Crippen molar-refractivity contribution in [2.45, 2.75) is 50.7 Å². The lowest BCUT2D eigenvalue weighted by Crippen LogP contribution is -2.26. The van der Waals surface area contributed by atoms with Gasteiger partial charge >= 0.3 is 0 Å². The SMILES string of the molecule is CN(C)CCCCCC1=C[C@H]2C[C@@H](O)[C@H]([C@@H](O)c3ccc(N(C)C)cc3)[C@H]2C1. The highest BCUT2D eigenvalue weighted by Gasteiger charge is 2.47. The van der Waals surface area contributed by atoms with Gasteiger partial charge < -0.3 is 20.0 Å². The Morgan fingerprint density at radius 2 is 1.75 bits per heavy atom.